The summed E-state index contributed by atoms with van der Waals surface area (Å²) in [7, 11) is 0. The van der Waals surface area contributed by atoms with Gasteiger partial charge in [0.15, 0.2) is 5.82 Å². The number of nitrogens with zero attached hydrogens (tertiary/aromatic N) is 2. The molecule has 0 amide bonds. The van der Waals surface area contributed by atoms with Gasteiger partial charge in [0, 0.05) is 19.3 Å². The molecule has 5 nitrogen and oxygen atoms in total. The highest BCUT2D eigenvalue weighted by Gasteiger charge is 2.21. The van der Waals surface area contributed by atoms with Gasteiger partial charge in [-0.05, 0) is 17.2 Å². The third kappa shape index (κ3) is 1.99. The van der Waals surface area contributed by atoms with Crippen molar-refractivity contribution in [2.24, 2.45) is 0 Å². The van der Waals surface area contributed by atoms with Crippen molar-refractivity contribution in [2.45, 2.75) is 13.1 Å². The van der Waals surface area contributed by atoms with Crippen molar-refractivity contribution in [3.05, 3.63) is 53.2 Å². The van der Waals surface area contributed by atoms with E-state index in [0.29, 0.717) is 11.5 Å². The van der Waals surface area contributed by atoms with E-state index in [9.17, 15) is 4.79 Å². The highest BCUT2D eigenvalue weighted by molar-refractivity contribution is 5.89. The van der Waals surface area contributed by atoms with E-state index >= 15 is 0 Å². The molecule has 1 aromatic carbocycles. The number of pyridine rings is 1. The minimum atomic E-state index is -1.02. The Morgan fingerprint density at radius 1 is 1.26 bits per heavy atom. The van der Waals surface area contributed by atoms with Crippen molar-refractivity contribution in [1.82, 2.24) is 4.98 Å². The summed E-state index contributed by atoms with van der Waals surface area (Å²) >= 11 is 0. The third-order valence-corrected chi connectivity index (χ3v) is 3.28. The Bertz CT molecular complexity index is 630. The molecule has 0 unspecified atom stereocenters. The molecule has 0 aliphatic carbocycles. The Hall–Kier alpha value is -2.56. The number of fused-ring (bicyclic) bond motifs is 1. The smallest absolute Gasteiger partial charge is 0.337 e. The summed E-state index contributed by atoms with van der Waals surface area (Å²) in [6.07, 6.45) is 1.34. The predicted octanol–water partition coefficient (Wildman–Crippen LogP) is 1.88. The average Bonchev–Trinajstić information content (AvgIpc) is 2.81. The summed E-state index contributed by atoms with van der Waals surface area (Å²) in [4.78, 5) is 17.1. The molecule has 3 N–H and O–H groups in total. The van der Waals surface area contributed by atoms with Gasteiger partial charge in [-0.1, -0.05) is 24.3 Å². The summed E-state index contributed by atoms with van der Waals surface area (Å²) in [5.74, 6) is -0.378. The Morgan fingerprint density at radius 3 is 2.42 bits per heavy atom. The van der Waals surface area contributed by atoms with E-state index in [2.05, 4.69) is 17.1 Å². The molecular weight excluding hydrogens is 242 g/mol. The van der Waals surface area contributed by atoms with E-state index in [1.165, 1.54) is 23.4 Å². The van der Waals surface area contributed by atoms with Crippen molar-refractivity contribution < 1.29 is 9.90 Å². The molecule has 0 bridgehead atoms. The number of carbonyl (C=O) groups is 1. The molecule has 1 aliphatic rings. The van der Waals surface area contributed by atoms with Crippen molar-refractivity contribution in [1.29, 1.82) is 0 Å². The second-order valence-corrected chi connectivity index (χ2v) is 4.57. The molecular formula is C14H13N3O2. The van der Waals surface area contributed by atoms with Crippen LogP contribution in [0.2, 0.25) is 0 Å². The fourth-order valence-corrected chi connectivity index (χ4v) is 2.34. The van der Waals surface area contributed by atoms with E-state index in [1.54, 1.807) is 0 Å². The highest BCUT2D eigenvalue weighted by Crippen LogP contribution is 2.30. The summed E-state index contributed by atoms with van der Waals surface area (Å²) in [6, 6.07) is 9.63. The van der Waals surface area contributed by atoms with Crippen LogP contribution in [0.4, 0.5) is 11.5 Å². The van der Waals surface area contributed by atoms with Crippen molar-refractivity contribution in [3.63, 3.8) is 0 Å². The molecule has 0 fully saturated rings. The summed E-state index contributed by atoms with van der Waals surface area (Å²) < 4.78 is 0. The zero-order valence-electron chi connectivity index (χ0n) is 10.2. The van der Waals surface area contributed by atoms with Gasteiger partial charge in [-0.25, -0.2) is 9.78 Å². The van der Waals surface area contributed by atoms with Crippen LogP contribution < -0.4 is 10.6 Å². The molecule has 2 aromatic rings. The molecule has 19 heavy (non-hydrogen) atoms. The molecule has 96 valence electrons. The number of carboxylic acids is 1. The monoisotopic (exact) mass is 255 g/mol. The predicted molar refractivity (Wildman–Crippen MR) is 71.9 cm³/mol. The number of hydrogen-bond donors (Lipinski definition) is 2. The van der Waals surface area contributed by atoms with E-state index in [4.69, 9.17) is 10.8 Å². The van der Waals surface area contributed by atoms with E-state index in [-0.39, 0.29) is 5.56 Å². The molecule has 3 rings (SSSR count). The van der Waals surface area contributed by atoms with Crippen LogP contribution in [0.3, 0.4) is 0 Å². The fraction of sp³-hybridized carbons (Fsp3) is 0.143. The van der Waals surface area contributed by atoms with Gasteiger partial charge in [0.05, 0.1) is 11.3 Å². The molecule has 0 saturated carbocycles. The summed E-state index contributed by atoms with van der Waals surface area (Å²) in [5.41, 5.74) is 8.92. The number of aromatic carboxylic acids is 1. The number of nitrogen functional groups attached to an aromatic ring is 1. The Kier molecular flexibility index (Phi) is 2.59. The van der Waals surface area contributed by atoms with Crippen LogP contribution in [0.25, 0.3) is 0 Å². The number of anilines is 2. The molecule has 1 aromatic heterocycles. The topological polar surface area (TPSA) is 79.5 Å². The van der Waals surface area contributed by atoms with E-state index in [0.717, 1.165) is 13.1 Å². The molecule has 0 atom stereocenters. The van der Waals surface area contributed by atoms with Gasteiger partial charge in [-0.2, -0.15) is 0 Å². The van der Waals surface area contributed by atoms with Gasteiger partial charge in [-0.3, -0.25) is 0 Å². The van der Waals surface area contributed by atoms with Crippen LogP contribution in [0.1, 0.15) is 21.5 Å². The molecule has 2 heterocycles. The van der Waals surface area contributed by atoms with Crippen LogP contribution in [0.5, 0.6) is 0 Å². The number of carboxylic acid groups (broad SMARTS) is 1. The maximum absolute atomic E-state index is 10.9. The van der Waals surface area contributed by atoms with Crippen molar-refractivity contribution in [2.75, 3.05) is 10.6 Å². The number of nitrogens with two attached hydrogens (primary N) is 1. The van der Waals surface area contributed by atoms with Crippen LogP contribution in [-0.2, 0) is 13.1 Å². The minimum absolute atomic E-state index is 0.109. The number of hydrogen-bond acceptors (Lipinski definition) is 4. The lowest BCUT2D eigenvalue weighted by Gasteiger charge is -2.18. The first-order chi connectivity index (χ1) is 9.15. The third-order valence-electron chi connectivity index (χ3n) is 3.28. The summed E-state index contributed by atoms with van der Waals surface area (Å²) in [6.45, 7) is 1.50. The SMILES string of the molecule is Nc1cc(C(=O)O)cnc1N1Cc2ccccc2C1. The largest absolute Gasteiger partial charge is 0.478 e. The first-order valence-electron chi connectivity index (χ1n) is 5.95. The molecule has 1 aliphatic heterocycles. The van der Waals surface area contributed by atoms with Gasteiger partial charge in [0.2, 0.25) is 0 Å². The van der Waals surface area contributed by atoms with Gasteiger partial charge in [-0.15, -0.1) is 0 Å². The second-order valence-electron chi connectivity index (χ2n) is 4.57. The normalized spacial score (nSPS) is 13.4. The number of rotatable bonds is 2. The van der Waals surface area contributed by atoms with Gasteiger partial charge in [0.1, 0.15) is 0 Å². The quantitative estimate of drug-likeness (QED) is 0.856. The zero-order chi connectivity index (χ0) is 13.4. The van der Waals surface area contributed by atoms with Crippen molar-refractivity contribution >= 4 is 17.5 Å². The Balaban J connectivity index is 1.91. The van der Waals surface area contributed by atoms with E-state index in [1.807, 2.05) is 17.0 Å². The minimum Gasteiger partial charge on any atom is -0.478 e. The average molecular weight is 255 g/mol. The number of benzene rings is 1. The van der Waals surface area contributed by atoms with Crippen LogP contribution in [-0.4, -0.2) is 16.1 Å². The van der Waals surface area contributed by atoms with Crippen LogP contribution >= 0.6 is 0 Å². The molecule has 0 spiro atoms. The lowest BCUT2D eigenvalue weighted by molar-refractivity contribution is 0.0696. The molecule has 0 saturated heterocycles. The number of aromatic nitrogens is 1. The first-order valence-corrected chi connectivity index (χ1v) is 5.95. The first kappa shape index (κ1) is 11.5. The maximum Gasteiger partial charge on any atom is 0.337 e. The van der Waals surface area contributed by atoms with Gasteiger partial charge >= 0.3 is 5.97 Å². The lowest BCUT2D eigenvalue weighted by Crippen LogP contribution is -2.18. The maximum atomic E-state index is 10.9. The highest BCUT2D eigenvalue weighted by atomic mass is 16.4. The zero-order valence-corrected chi connectivity index (χ0v) is 10.2. The Labute approximate surface area is 110 Å². The lowest BCUT2D eigenvalue weighted by atomic mass is 10.1. The second kappa shape index (κ2) is 4.28. The van der Waals surface area contributed by atoms with Crippen LogP contribution in [0.15, 0.2) is 36.5 Å². The molecule has 5 heteroatoms. The van der Waals surface area contributed by atoms with Gasteiger partial charge < -0.3 is 15.7 Å². The Morgan fingerprint density at radius 2 is 1.89 bits per heavy atom. The van der Waals surface area contributed by atoms with Crippen LogP contribution in [0, 0.1) is 0 Å². The van der Waals surface area contributed by atoms with Gasteiger partial charge in [0.25, 0.3) is 0 Å². The molecule has 0 radical (unpaired) electrons. The standard InChI is InChI=1S/C14H13N3O2/c15-12-5-11(14(18)19)6-16-13(12)17-7-9-3-1-2-4-10(9)8-17/h1-6H,7-8,15H2,(H,18,19). The fourth-order valence-electron chi connectivity index (χ4n) is 2.34. The van der Waals surface area contributed by atoms with Crippen molar-refractivity contribution in [3.8, 4) is 0 Å². The van der Waals surface area contributed by atoms with E-state index < -0.39 is 5.97 Å². The summed E-state index contributed by atoms with van der Waals surface area (Å²) in [5, 5.41) is 8.90.